The molecule has 0 saturated carbocycles. The first-order valence-electron chi connectivity index (χ1n) is 7.27. The lowest BCUT2D eigenvalue weighted by molar-refractivity contribution is 0.0912. The van der Waals surface area contributed by atoms with E-state index >= 15 is 0 Å². The summed E-state index contributed by atoms with van der Waals surface area (Å²) in [6.45, 7) is 2.98. The number of nitrogens with zero attached hydrogens (tertiary/aromatic N) is 2. The maximum atomic E-state index is 12.2. The van der Waals surface area contributed by atoms with Crippen molar-refractivity contribution in [2.24, 2.45) is 0 Å². The molecule has 0 spiro atoms. The van der Waals surface area contributed by atoms with Gasteiger partial charge in [-0.05, 0) is 58.2 Å². The molecule has 1 saturated heterocycles. The second kappa shape index (κ2) is 6.86. The van der Waals surface area contributed by atoms with E-state index in [-0.39, 0.29) is 11.9 Å². The molecule has 20 heavy (non-hydrogen) atoms. The third-order valence-corrected chi connectivity index (χ3v) is 3.67. The predicted molar refractivity (Wildman–Crippen MR) is 81.8 cm³/mol. The topological polar surface area (TPSA) is 35.6 Å². The summed E-state index contributed by atoms with van der Waals surface area (Å²) in [6, 6.07) is 8.17. The molecule has 1 aromatic rings. The van der Waals surface area contributed by atoms with Gasteiger partial charge in [-0.15, -0.1) is 0 Å². The van der Waals surface area contributed by atoms with Crippen LogP contribution in [0, 0.1) is 0 Å². The van der Waals surface area contributed by atoms with Crippen LogP contribution in [0.3, 0.4) is 0 Å². The van der Waals surface area contributed by atoms with Crippen LogP contribution < -0.4 is 5.32 Å². The number of carbonyl (C=O) groups excluding carboxylic acids is 1. The lowest BCUT2D eigenvalue weighted by Gasteiger charge is -2.30. The van der Waals surface area contributed by atoms with Gasteiger partial charge >= 0.3 is 0 Å². The summed E-state index contributed by atoms with van der Waals surface area (Å²) in [4.78, 5) is 16.6. The fourth-order valence-electron chi connectivity index (χ4n) is 2.68. The molecule has 0 bridgehead atoms. The molecule has 1 N–H and O–H groups in total. The van der Waals surface area contributed by atoms with Crippen molar-refractivity contribution in [3.8, 4) is 0 Å². The fraction of sp³-hybridized carbons (Fsp3) is 0.562. The molecule has 1 amide bonds. The van der Waals surface area contributed by atoms with Crippen molar-refractivity contribution in [3.05, 3.63) is 35.4 Å². The van der Waals surface area contributed by atoms with E-state index in [0.29, 0.717) is 0 Å². The standard InChI is InChI=1S/C16H25N3O/c1-18(2)11-13-6-8-14(9-7-13)16(20)17-15-5-4-10-19(3)12-15/h6-9,15H,4-5,10-12H2,1-3H3,(H,17,20). The molecule has 110 valence electrons. The molecule has 1 aliphatic heterocycles. The number of hydrogen-bond donors (Lipinski definition) is 1. The molecule has 1 aromatic carbocycles. The highest BCUT2D eigenvalue weighted by Gasteiger charge is 2.19. The van der Waals surface area contributed by atoms with Gasteiger partial charge in [0.2, 0.25) is 0 Å². The van der Waals surface area contributed by atoms with Crippen LogP contribution in [0.4, 0.5) is 0 Å². The Morgan fingerprint density at radius 2 is 2.05 bits per heavy atom. The Bertz CT molecular complexity index is 442. The smallest absolute Gasteiger partial charge is 0.251 e. The Balaban J connectivity index is 1.91. The molecular formula is C16H25N3O. The first-order chi connectivity index (χ1) is 9.54. The van der Waals surface area contributed by atoms with Crippen LogP contribution in [0.15, 0.2) is 24.3 Å². The Hall–Kier alpha value is -1.39. The maximum absolute atomic E-state index is 12.2. The number of nitrogens with one attached hydrogen (secondary N) is 1. The summed E-state index contributed by atoms with van der Waals surface area (Å²) in [5.41, 5.74) is 1.98. The van der Waals surface area contributed by atoms with E-state index in [0.717, 1.165) is 38.0 Å². The minimum atomic E-state index is 0.0432. The van der Waals surface area contributed by atoms with Crippen molar-refractivity contribution in [1.82, 2.24) is 15.1 Å². The maximum Gasteiger partial charge on any atom is 0.251 e. The number of benzene rings is 1. The van der Waals surface area contributed by atoms with E-state index in [9.17, 15) is 4.79 Å². The highest BCUT2D eigenvalue weighted by Crippen LogP contribution is 2.10. The van der Waals surface area contributed by atoms with Gasteiger partial charge in [-0.3, -0.25) is 4.79 Å². The molecule has 1 fully saturated rings. The summed E-state index contributed by atoms with van der Waals surface area (Å²) in [7, 11) is 6.19. The van der Waals surface area contributed by atoms with Gasteiger partial charge in [-0.1, -0.05) is 12.1 Å². The van der Waals surface area contributed by atoms with E-state index in [1.807, 2.05) is 38.4 Å². The van der Waals surface area contributed by atoms with Crippen molar-refractivity contribution >= 4 is 5.91 Å². The molecule has 0 aliphatic carbocycles. The number of hydrogen-bond acceptors (Lipinski definition) is 3. The van der Waals surface area contributed by atoms with Gasteiger partial charge in [0.25, 0.3) is 5.91 Å². The lowest BCUT2D eigenvalue weighted by atomic mass is 10.1. The third kappa shape index (κ3) is 4.32. The summed E-state index contributed by atoms with van der Waals surface area (Å²) in [6.07, 6.45) is 2.23. The molecule has 4 nitrogen and oxygen atoms in total. The van der Waals surface area contributed by atoms with E-state index in [1.54, 1.807) is 0 Å². The first-order valence-corrected chi connectivity index (χ1v) is 7.27. The van der Waals surface area contributed by atoms with Crippen molar-refractivity contribution in [3.63, 3.8) is 0 Å². The van der Waals surface area contributed by atoms with Gasteiger partial charge in [-0.2, -0.15) is 0 Å². The number of piperidine rings is 1. The van der Waals surface area contributed by atoms with Crippen LogP contribution in [0.1, 0.15) is 28.8 Å². The molecule has 1 heterocycles. The molecule has 1 unspecified atom stereocenters. The number of carbonyl (C=O) groups is 1. The van der Waals surface area contributed by atoms with Gasteiger partial charge in [0, 0.05) is 24.7 Å². The summed E-state index contributed by atoms with van der Waals surface area (Å²) in [5.74, 6) is 0.0432. The minimum absolute atomic E-state index is 0.0432. The zero-order chi connectivity index (χ0) is 14.5. The molecule has 0 radical (unpaired) electrons. The molecule has 4 heteroatoms. The predicted octanol–water partition coefficient (Wildman–Crippen LogP) is 1.57. The summed E-state index contributed by atoms with van der Waals surface area (Å²) in [5, 5.41) is 3.13. The average Bonchev–Trinajstić information content (AvgIpc) is 2.38. The van der Waals surface area contributed by atoms with Gasteiger partial charge in [0.05, 0.1) is 0 Å². The Morgan fingerprint density at radius 3 is 2.65 bits per heavy atom. The van der Waals surface area contributed by atoms with Crippen LogP contribution in [0.2, 0.25) is 0 Å². The van der Waals surface area contributed by atoms with Gasteiger partial charge in [0.15, 0.2) is 0 Å². The third-order valence-electron chi connectivity index (χ3n) is 3.67. The number of amides is 1. The molecule has 1 aliphatic rings. The molecule has 2 rings (SSSR count). The van der Waals surface area contributed by atoms with Crippen LogP contribution in [0.25, 0.3) is 0 Å². The van der Waals surface area contributed by atoms with E-state index in [2.05, 4.69) is 22.2 Å². The first kappa shape index (κ1) is 15.0. The zero-order valence-electron chi connectivity index (χ0n) is 12.7. The van der Waals surface area contributed by atoms with E-state index < -0.39 is 0 Å². The van der Waals surface area contributed by atoms with Crippen LogP contribution in [-0.4, -0.2) is 56.0 Å². The fourth-order valence-corrected chi connectivity index (χ4v) is 2.68. The largest absolute Gasteiger partial charge is 0.348 e. The minimum Gasteiger partial charge on any atom is -0.348 e. The van der Waals surface area contributed by atoms with Crippen molar-refractivity contribution in [2.75, 3.05) is 34.2 Å². The average molecular weight is 275 g/mol. The monoisotopic (exact) mass is 275 g/mol. The van der Waals surface area contributed by atoms with E-state index in [1.165, 1.54) is 5.56 Å². The Labute approximate surface area is 121 Å². The van der Waals surface area contributed by atoms with Gasteiger partial charge in [-0.25, -0.2) is 0 Å². The number of likely N-dealkylation sites (N-methyl/N-ethyl adjacent to an activating group) is 1. The lowest BCUT2D eigenvalue weighted by Crippen LogP contribution is -2.46. The van der Waals surface area contributed by atoms with E-state index in [4.69, 9.17) is 0 Å². The second-order valence-electron chi connectivity index (χ2n) is 6.01. The van der Waals surface area contributed by atoms with Crippen LogP contribution >= 0.6 is 0 Å². The quantitative estimate of drug-likeness (QED) is 0.906. The Morgan fingerprint density at radius 1 is 1.35 bits per heavy atom. The van der Waals surface area contributed by atoms with Crippen molar-refractivity contribution in [1.29, 1.82) is 0 Å². The normalized spacial score (nSPS) is 20.1. The number of likely N-dealkylation sites (tertiary alicyclic amines) is 1. The van der Waals surface area contributed by atoms with Crippen LogP contribution in [-0.2, 0) is 6.54 Å². The zero-order valence-corrected chi connectivity index (χ0v) is 12.7. The highest BCUT2D eigenvalue weighted by molar-refractivity contribution is 5.94. The SMILES string of the molecule is CN(C)Cc1ccc(C(=O)NC2CCCN(C)C2)cc1. The molecular weight excluding hydrogens is 250 g/mol. The molecule has 1 atom stereocenters. The Kier molecular flexibility index (Phi) is 5.15. The summed E-state index contributed by atoms with van der Waals surface area (Å²) < 4.78 is 0. The van der Waals surface area contributed by atoms with Crippen molar-refractivity contribution in [2.45, 2.75) is 25.4 Å². The number of rotatable bonds is 4. The van der Waals surface area contributed by atoms with Gasteiger partial charge < -0.3 is 15.1 Å². The van der Waals surface area contributed by atoms with Crippen molar-refractivity contribution < 1.29 is 4.79 Å². The highest BCUT2D eigenvalue weighted by atomic mass is 16.1. The summed E-state index contributed by atoms with van der Waals surface area (Å²) >= 11 is 0. The van der Waals surface area contributed by atoms with Gasteiger partial charge in [0.1, 0.15) is 0 Å². The van der Waals surface area contributed by atoms with Crippen LogP contribution in [0.5, 0.6) is 0 Å². The molecule has 0 aromatic heterocycles. The second-order valence-corrected chi connectivity index (χ2v) is 6.01.